The Balaban J connectivity index is 1.61. The van der Waals surface area contributed by atoms with E-state index < -0.39 is 6.04 Å². The quantitative estimate of drug-likeness (QED) is 0.795. The van der Waals surface area contributed by atoms with Gasteiger partial charge in [0.2, 0.25) is 11.8 Å². The van der Waals surface area contributed by atoms with Crippen LogP contribution in [0.1, 0.15) is 32.1 Å². The molecule has 1 aromatic carbocycles. The fourth-order valence-corrected chi connectivity index (χ4v) is 3.16. The number of hydrogen-bond donors (Lipinski definition) is 0. The van der Waals surface area contributed by atoms with Crippen LogP contribution in [-0.2, 0) is 14.4 Å². The van der Waals surface area contributed by atoms with Crippen molar-refractivity contribution in [3.05, 3.63) is 30.3 Å². The van der Waals surface area contributed by atoms with Crippen LogP contribution in [0.5, 0.6) is 0 Å². The first-order valence-corrected chi connectivity index (χ1v) is 7.91. The Morgan fingerprint density at radius 2 is 1.73 bits per heavy atom. The molecule has 1 aliphatic heterocycles. The van der Waals surface area contributed by atoms with Gasteiger partial charge in [0.15, 0.2) is 0 Å². The summed E-state index contributed by atoms with van der Waals surface area (Å²) in [5.74, 6) is -0.314. The number of rotatable bonds is 4. The predicted molar refractivity (Wildman–Crippen MR) is 79.9 cm³/mol. The molecule has 5 nitrogen and oxygen atoms in total. The molecule has 1 aromatic rings. The van der Waals surface area contributed by atoms with Crippen LogP contribution in [0.15, 0.2) is 30.3 Å². The summed E-state index contributed by atoms with van der Waals surface area (Å²) in [5, 5.41) is 0. The van der Waals surface area contributed by atoms with E-state index in [4.69, 9.17) is 0 Å². The number of carbonyl (C=O) groups excluding carboxylic acids is 3. The van der Waals surface area contributed by atoms with Gasteiger partial charge in [0.25, 0.3) is 5.91 Å². The number of para-hydroxylation sites is 1. The van der Waals surface area contributed by atoms with E-state index in [1.165, 1.54) is 4.90 Å². The topological polar surface area (TPSA) is 57.7 Å². The highest BCUT2D eigenvalue weighted by Gasteiger charge is 2.50. The fourth-order valence-electron chi connectivity index (χ4n) is 3.16. The van der Waals surface area contributed by atoms with Gasteiger partial charge in [0.1, 0.15) is 6.04 Å². The van der Waals surface area contributed by atoms with Crippen molar-refractivity contribution in [3.8, 4) is 0 Å². The smallest absolute Gasteiger partial charge is 0.257 e. The van der Waals surface area contributed by atoms with Crippen molar-refractivity contribution in [1.82, 2.24) is 4.90 Å². The van der Waals surface area contributed by atoms with Crippen molar-refractivity contribution >= 4 is 23.4 Å². The highest BCUT2D eigenvalue weighted by atomic mass is 16.2. The summed E-state index contributed by atoms with van der Waals surface area (Å²) in [6.07, 6.45) is 3.84. The third kappa shape index (κ3) is 2.21. The molecular formula is C17H18N2O3. The number of anilines is 1. The van der Waals surface area contributed by atoms with Crippen LogP contribution in [0.4, 0.5) is 5.69 Å². The molecule has 2 saturated carbocycles. The standard InChI is InChI=1S/C17H18N2O3/c20-15-10-14(17(22)19(15)12-4-2-1-3-5-12)18(13-8-9-13)16(21)11-6-7-11/h1-5,11,13-14H,6-10H2. The van der Waals surface area contributed by atoms with Crippen molar-refractivity contribution in [2.45, 2.75) is 44.2 Å². The van der Waals surface area contributed by atoms with Crippen LogP contribution in [0.3, 0.4) is 0 Å². The van der Waals surface area contributed by atoms with Crippen LogP contribution < -0.4 is 4.90 Å². The summed E-state index contributed by atoms with van der Waals surface area (Å²) in [5.41, 5.74) is 0.592. The molecule has 0 spiro atoms. The van der Waals surface area contributed by atoms with Gasteiger partial charge in [-0.05, 0) is 37.8 Å². The first-order valence-electron chi connectivity index (χ1n) is 7.91. The van der Waals surface area contributed by atoms with Crippen LogP contribution in [0.25, 0.3) is 0 Å². The van der Waals surface area contributed by atoms with Crippen LogP contribution >= 0.6 is 0 Å². The second-order valence-electron chi connectivity index (χ2n) is 6.37. The summed E-state index contributed by atoms with van der Waals surface area (Å²) in [4.78, 5) is 40.5. The summed E-state index contributed by atoms with van der Waals surface area (Å²) in [7, 11) is 0. The van der Waals surface area contributed by atoms with Crippen LogP contribution in [-0.4, -0.2) is 34.7 Å². The molecule has 3 aliphatic rings. The molecule has 3 amide bonds. The van der Waals surface area contributed by atoms with Crippen LogP contribution in [0, 0.1) is 5.92 Å². The molecule has 5 heteroatoms. The van der Waals surface area contributed by atoms with E-state index in [1.807, 2.05) is 6.07 Å². The first kappa shape index (κ1) is 13.5. The molecule has 0 N–H and O–H groups in total. The molecular weight excluding hydrogens is 280 g/mol. The third-order valence-electron chi connectivity index (χ3n) is 4.59. The maximum absolute atomic E-state index is 12.7. The second kappa shape index (κ2) is 4.93. The Kier molecular flexibility index (Phi) is 3.03. The van der Waals surface area contributed by atoms with Gasteiger partial charge in [-0.15, -0.1) is 0 Å². The Morgan fingerprint density at radius 3 is 2.32 bits per heavy atom. The van der Waals surface area contributed by atoms with Gasteiger partial charge in [-0.2, -0.15) is 0 Å². The van der Waals surface area contributed by atoms with Gasteiger partial charge < -0.3 is 4.90 Å². The lowest BCUT2D eigenvalue weighted by atomic mass is 10.1. The van der Waals surface area contributed by atoms with Crippen LogP contribution in [0.2, 0.25) is 0 Å². The van der Waals surface area contributed by atoms with Gasteiger partial charge in [-0.3, -0.25) is 14.4 Å². The van der Waals surface area contributed by atoms with Gasteiger partial charge in [0.05, 0.1) is 12.1 Å². The number of amides is 3. The second-order valence-corrected chi connectivity index (χ2v) is 6.37. The molecule has 1 heterocycles. The fraction of sp³-hybridized carbons (Fsp3) is 0.471. The lowest BCUT2D eigenvalue weighted by Gasteiger charge is -2.27. The lowest BCUT2D eigenvalue weighted by molar-refractivity contribution is -0.140. The Labute approximate surface area is 128 Å². The number of hydrogen-bond acceptors (Lipinski definition) is 3. The molecule has 0 aromatic heterocycles. The molecule has 3 fully saturated rings. The highest BCUT2D eigenvalue weighted by Crippen LogP contribution is 2.39. The van der Waals surface area contributed by atoms with E-state index in [0.717, 1.165) is 25.7 Å². The third-order valence-corrected chi connectivity index (χ3v) is 4.59. The summed E-state index contributed by atoms with van der Waals surface area (Å²) >= 11 is 0. The van der Waals surface area contributed by atoms with Gasteiger partial charge in [-0.1, -0.05) is 18.2 Å². The Morgan fingerprint density at radius 1 is 1.05 bits per heavy atom. The van der Waals surface area contributed by atoms with Gasteiger partial charge in [0, 0.05) is 12.0 Å². The zero-order valence-electron chi connectivity index (χ0n) is 12.3. The number of benzene rings is 1. The molecule has 114 valence electrons. The minimum atomic E-state index is -0.603. The van der Waals surface area contributed by atoms with E-state index in [2.05, 4.69) is 0 Å². The summed E-state index contributed by atoms with van der Waals surface area (Å²) < 4.78 is 0. The zero-order valence-corrected chi connectivity index (χ0v) is 12.3. The molecule has 22 heavy (non-hydrogen) atoms. The lowest BCUT2D eigenvalue weighted by Crippen LogP contribution is -2.47. The predicted octanol–water partition coefficient (Wildman–Crippen LogP) is 1.72. The Hall–Kier alpha value is -2.17. The molecule has 4 rings (SSSR count). The molecule has 0 radical (unpaired) electrons. The minimum Gasteiger partial charge on any atom is -0.327 e. The van der Waals surface area contributed by atoms with E-state index in [0.29, 0.717) is 5.69 Å². The van der Waals surface area contributed by atoms with E-state index in [-0.39, 0.29) is 36.1 Å². The summed E-state index contributed by atoms with van der Waals surface area (Å²) in [6, 6.07) is 8.51. The summed E-state index contributed by atoms with van der Waals surface area (Å²) in [6.45, 7) is 0. The van der Waals surface area contributed by atoms with Crippen molar-refractivity contribution in [2.75, 3.05) is 4.90 Å². The number of nitrogens with zero attached hydrogens (tertiary/aromatic N) is 2. The molecule has 0 bridgehead atoms. The largest absolute Gasteiger partial charge is 0.327 e. The molecule has 1 saturated heterocycles. The monoisotopic (exact) mass is 298 g/mol. The average Bonchev–Trinajstić information content (AvgIpc) is 3.40. The van der Waals surface area contributed by atoms with Gasteiger partial charge in [-0.25, -0.2) is 4.90 Å². The first-order chi connectivity index (χ1) is 10.7. The number of imide groups is 1. The van der Waals surface area contributed by atoms with Gasteiger partial charge >= 0.3 is 0 Å². The van der Waals surface area contributed by atoms with Crippen molar-refractivity contribution < 1.29 is 14.4 Å². The SMILES string of the molecule is O=C1CC(N(C(=O)C2CC2)C2CC2)C(=O)N1c1ccccc1. The maximum atomic E-state index is 12.7. The van der Waals surface area contributed by atoms with Crippen molar-refractivity contribution in [1.29, 1.82) is 0 Å². The van der Waals surface area contributed by atoms with Crippen molar-refractivity contribution in [2.24, 2.45) is 5.92 Å². The normalized spacial score (nSPS) is 24.7. The number of carbonyl (C=O) groups is 3. The molecule has 1 atom stereocenters. The highest BCUT2D eigenvalue weighted by molar-refractivity contribution is 6.23. The van der Waals surface area contributed by atoms with E-state index in [1.54, 1.807) is 29.2 Å². The molecule has 2 aliphatic carbocycles. The minimum absolute atomic E-state index is 0.0727. The van der Waals surface area contributed by atoms with E-state index in [9.17, 15) is 14.4 Å². The maximum Gasteiger partial charge on any atom is 0.257 e. The van der Waals surface area contributed by atoms with E-state index >= 15 is 0 Å². The average molecular weight is 298 g/mol. The molecule has 1 unspecified atom stereocenters. The van der Waals surface area contributed by atoms with Crippen molar-refractivity contribution in [3.63, 3.8) is 0 Å². The zero-order chi connectivity index (χ0) is 15.3. The Bertz CT molecular complexity index is 635.